The minimum absolute atomic E-state index is 0.739. The van der Waals surface area contributed by atoms with Crippen LogP contribution in [0.5, 0.6) is 5.75 Å². The van der Waals surface area contributed by atoms with Crippen LogP contribution in [-0.2, 0) is 0 Å². The van der Waals surface area contributed by atoms with E-state index in [1.165, 1.54) is 44.5 Å². The number of halogens is 1. The van der Waals surface area contributed by atoms with Crippen LogP contribution in [0.2, 0.25) is 5.02 Å². The largest absolute Gasteiger partial charge is 0.492 e. The molecule has 1 heterocycles. The molecule has 1 aliphatic rings. The van der Waals surface area contributed by atoms with Gasteiger partial charge in [0.05, 0.1) is 31.3 Å². The zero-order valence-electron chi connectivity index (χ0n) is 12.1. The second kappa shape index (κ2) is 7.16. The zero-order valence-corrected chi connectivity index (χ0v) is 12.9. The molecule has 1 saturated heterocycles. The van der Waals surface area contributed by atoms with Crippen LogP contribution in [0.4, 0.5) is 0 Å². The number of rotatable bonds is 5. The van der Waals surface area contributed by atoms with E-state index in [0.717, 1.165) is 29.4 Å². The van der Waals surface area contributed by atoms with Gasteiger partial charge in [-0.2, -0.15) is 0 Å². The van der Waals surface area contributed by atoms with Gasteiger partial charge in [-0.3, -0.25) is 0 Å². The fourth-order valence-corrected chi connectivity index (χ4v) is 3.26. The van der Waals surface area contributed by atoms with Crippen LogP contribution < -0.4 is 9.64 Å². The Hall–Kier alpha value is -0.730. The van der Waals surface area contributed by atoms with Crippen LogP contribution in [0, 0.1) is 13.8 Å². The van der Waals surface area contributed by atoms with Crippen molar-refractivity contribution in [2.75, 3.05) is 26.2 Å². The second-order valence-electron chi connectivity index (χ2n) is 5.66. The molecule has 1 fully saturated rings. The first-order valence-electron chi connectivity index (χ1n) is 7.40. The Balaban J connectivity index is 1.76. The summed E-state index contributed by atoms with van der Waals surface area (Å²) < 4.78 is 5.87. The highest BCUT2D eigenvalue weighted by molar-refractivity contribution is 6.32. The monoisotopic (exact) mass is 282 g/mol. The Morgan fingerprint density at radius 3 is 2.58 bits per heavy atom. The van der Waals surface area contributed by atoms with Gasteiger partial charge >= 0.3 is 0 Å². The number of hydrogen-bond acceptors (Lipinski definition) is 1. The number of aryl methyl sites for hydroxylation is 2. The Labute approximate surface area is 121 Å². The summed E-state index contributed by atoms with van der Waals surface area (Å²) in [6.45, 7) is 8.79. The lowest BCUT2D eigenvalue weighted by molar-refractivity contribution is -0.905. The van der Waals surface area contributed by atoms with Crippen LogP contribution in [0.3, 0.4) is 0 Å². The van der Waals surface area contributed by atoms with Crippen molar-refractivity contribution in [3.8, 4) is 5.75 Å². The van der Waals surface area contributed by atoms with Crippen LogP contribution in [0.25, 0.3) is 0 Å². The van der Waals surface area contributed by atoms with Gasteiger partial charge in [0, 0.05) is 6.42 Å². The molecule has 19 heavy (non-hydrogen) atoms. The predicted molar refractivity (Wildman–Crippen MR) is 80.5 cm³/mol. The molecule has 1 aromatic carbocycles. The van der Waals surface area contributed by atoms with E-state index in [0.29, 0.717) is 0 Å². The maximum absolute atomic E-state index is 6.23. The van der Waals surface area contributed by atoms with E-state index in [4.69, 9.17) is 16.3 Å². The molecule has 0 bridgehead atoms. The van der Waals surface area contributed by atoms with E-state index in [1.807, 2.05) is 6.07 Å². The standard InChI is InChI=1S/C16H24ClNO/c1-13-11-14(2)16(15(17)12-13)19-10-6-9-18-7-4-3-5-8-18/h11-12H,3-10H2,1-2H3/p+1. The molecule has 106 valence electrons. The SMILES string of the molecule is Cc1cc(C)c(OCCC[NH+]2CCCCC2)c(Cl)c1. The summed E-state index contributed by atoms with van der Waals surface area (Å²) in [6, 6.07) is 4.09. The Bertz CT molecular complexity index is 390. The Morgan fingerprint density at radius 1 is 1.16 bits per heavy atom. The number of quaternary nitrogens is 1. The van der Waals surface area contributed by atoms with Crippen molar-refractivity contribution in [3.05, 3.63) is 28.3 Å². The lowest BCUT2D eigenvalue weighted by Crippen LogP contribution is -3.12. The maximum atomic E-state index is 6.23. The van der Waals surface area contributed by atoms with Crippen molar-refractivity contribution < 1.29 is 9.64 Å². The third-order valence-corrected chi connectivity index (χ3v) is 4.14. The fourth-order valence-electron chi connectivity index (χ4n) is 2.88. The average molecular weight is 283 g/mol. The van der Waals surface area contributed by atoms with Crippen molar-refractivity contribution in [2.45, 2.75) is 39.5 Å². The van der Waals surface area contributed by atoms with E-state index in [2.05, 4.69) is 19.9 Å². The van der Waals surface area contributed by atoms with Gasteiger partial charge in [0.15, 0.2) is 0 Å². The van der Waals surface area contributed by atoms with E-state index in [1.54, 1.807) is 4.90 Å². The highest BCUT2D eigenvalue weighted by Gasteiger charge is 2.13. The van der Waals surface area contributed by atoms with E-state index in [-0.39, 0.29) is 0 Å². The summed E-state index contributed by atoms with van der Waals surface area (Å²) >= 11 is 6.23. The van der Waals surface area contributed by atoms with Crippen molar-refractivity contribution >= 4 is 11.6 Å². The summed E-state index contributed by atoms with van der Waals surface area (Å²) in [5.41, 5.74) is 2.32. The van der Waals surface area contributed by atoms with Crippen LogP contribution in [-0.4, -0.2) is 26.2 Å². The smallest absolute Gasteiger partial charge is 0.140 e. The molecule has 1 aromatic rings. The number of piperidine rings is 1. The number of likely N-dealkylation sites (tertiary alicyclic amines) is 1. The van der Waals surface area contributed by atoms with E-state index < -0.39 is 0 Å². The molecule has 2 rings (SSSR count). The molecule has 1 aliphatic heterocycles. The predicted octanol–water partition coefficient (Wildman–Crippen LogP) is 2.79. The number of nitrogens with one attached hydrogen (secondary N) is 1. The Kier molecular flexibility index (Phi) is 5.53. The van der Waals surface area contributed by atoms with Crippen LogP contribution in [0.15, 0.2) is 12.1 Å². The minimum atomic E-state index is 0.739. The quantitative estimate of drug-likeness (QED) is 0.820. The molecule has 0 spiro atoms. The summed E-state index contributed by atoms with van der Waals surface area (Å²) in [5.74, 6) is 0.862. The first-order valence-corrected chi connectivity index (χ1v) is 7.78. The first-order chi connectivity index (χ1) is 9.16. The van der Waals surface area contributed by atoms with Gasteiger partial charge in [0.2, 0.25) is 0 Å². The topological polar surface area (TPSA) is 13.7 Å². The molecule has 0 aromatic heterocycles. The average Bonchev–Trinajstić information content (AvgIpc) is 2.38. The number of ether oxygens (including phenoxy) is 1. The lowest BCUT2D eigenvalue weighted by atomic mass is 10.1. The summed E-state index contributed by atoms with van der Waals surface area (Å²) in [7, 11) is 0. The van der Waals surface area contributed by atoms with Crippen molar-refractivity contribution in [3.63, 3.8) is 0 Å². The summed E-state index contributed by atoms with van der Waals surface area (Å²) in [5, 5.41) is 0.739. The normalized spacial score (nSPS) is 16.6. The molecule has 2 nitrogen and oxygen atoms in total. The van der Waals surface area contributed by atoms with Crippen molar-refractivity contribution in [2.24, 2.45) is 0 Å². The number of hydrogen-bond donors (Lipinski definition) is 1. The van der Waals surface area contributed by atoms with Crippen molar-refractivity contribution in [1.82, 2.24) is 0 Å². The summed E-state index contributed by atoms with van der Waals surface area (Å²) in [4.78, 5) is 1.74. The van der Waals surface area contributed by atoms with Gasteiger partial charge in [-0.25, -0.2) is 0 Å². The number of benzene rings is 1. The molecular formula is C16H25ClNO+. The molecule has 0 saturated carbocycles. The molecule has 0 unspecified atom stereocenters. The first kappa shape index (κ1) is 14.7. The van der Waals surface area contributed by atoms with Crippen molar-refractivity contribution in [1.29, 1.82) is 0 Å². The third-order valence-electron chi connectivity index (χ3n) is 3.86. The van der Waals surface area contributed by atoms with Gasteiger partial charge < -0.3 is 9.64 Å². The minimum Gasteiger partial charge on any atom is -0.492 e. The van der Waals surface area contributed by atoms with Gasteiger partial charge in [-0.05, 0) is 50.3 Å². The molecule has 0 atom stereocenters. The summed E-state index contributed by atoms with van der Waals surface area (Å²) in [6.07, 6.45) is 5.30. The lowest BCUT2D eigenvalue weighted by Gasteiger charge is -2.23. The molecule has 0 amide bonds. The van der Waals surface area contributed by atoms with Gasteiger partial charge in [-0.1, -0.05) is 17.7 Å². The molecule has 0 radical (unpaired) electrons. The zero-order chi connectivity index (χ0) is 13.7. The second-order valence-corrected chi connectivity index (χ2v) is 6.06. The molecular weight excluding hydrogens is 258 g/mol. The highest BCUT2D eigenvalue weighted by atomic mass is 35.5. The molecule has 0 aliphatic carbocycles. The van der Waals surface area contributed by atoms with E-state index >= 15 is 0 Å². The maximum Gasteiger partial charge on any atom is 0.140 e. The van der Waals surface area contributed by atoms with Gasteiger partial charge in [-0.15, -0.1) is 0 Å². The molecule has 1 N–H and O–H groups in total. The highest BCUT2D eigenvalue weighted by Crippen LogP contribution is 2.29. The third kappa shape index (κ3) is 4.39. The van der Waals surface area contributed by atoms with Gasteiger partial charge in [0.1, 0.15) is 5.75 Å². The van der Waals surface area contributed by atoms with Crippen LogP contribution in [0.1, 0.15) is 36.8 Å². The van der Waals surface area contributed by atoms with Gasteiger partial charge in [0.25, 0.3) is 0 Å². The van der Waals surface area contributed by atoms with E-state index in [9.17, 15) is 0 Å². The van der Waals surface area contributed by atoms with Crippen LogP contribution >= 0.6 is 11.6 Å². The fraction of sp³-hybridized carbons (Fsp3) is 0.625. The Morgan fingerprint density at radius 2 is 1.89 bits per heavy atom. The molecule has 3 heteroatoms.